The van der Waals surface area contributed by atoms with Crippen molar-refractivity contribution in [2.45, 2.75) is 71.4 Å². The number of halogens is 2. The van der Waals surface area contributed by atoms with Crippen molar-refractivity contribution in [1.82, 2.24) is 24.6 Å². The summed E-state index contributed by atoms with van der Waals surface area (Å²) in [4.78, 5) is 25.0. The second-order valence-corrected chi connectivity index (χ2v) is 14.5. The largest absolute Gasteiger partial charge is 0.476 e. The molecule has 5 rings (SSSR count). The zero-order valence-electron chi connectivity index (χ0n) is 27.3. The number of nitrogens with two attached hydrogens (primary N) is 1. The van der Waals surface area contributed by atoms with E-state index in [1.54, 1.807) is 43.3 Å². The molecule has 48 heavy (non-hydrogen) atoms. The summed E-state index contributed by atoms with van der Waals surface area (Å²) < 4.78 is 75.8. The minimum absolute atomic E-state index is 0.0143. The van der Waals surface area contributed by atoms with Gasteiger partial charge in [0.25, 0.3) is 5.85 Å². The number of hydrogen-bond donors (Lipinski definition) is 3. The van der Waals surface area contributed by atoms with Gasteiger partial charge in [-0.2, -0.15) is 15.1 Å². The molecule has 0 amide bonds. The molecule has 1 aliphatic rings. The van der Waals surface area contributed by atoms with Crippen LogP contribution in [0.1, 0.15) is 47.8 Å². The Hall–Kier alpha value is -3.95. The monoisotopic (exact) mass is 692 g/mol. The molecule has 0 aliphatic carbocycles. The lowest BCUT2D eigenvalue weighted by Crippen LogP contribution is -2.47. The van der Waals surface area contributed by atoms with E-state index in [9.17, 15) is 14.5 Å². The number of aromatic nitrogens is 4. The van der Waals surface area contributed by atoms with E-state index in [0.29, 0.717) is 5.39 Å². The fraction of sp³-hybridized carbons (Fsp3) is 0.484. The van der Waals surface area contributed by atoms with Gasteiger partial charge in [0.2, 0.25) is 11.8 Å². The van der Waals surface area contributed by atoms with Crippen LogP contribution < -0.4 is 20.1 Å². The Morgan fingerprint density at radius 1 is 1.21 bits per heavy atom. The molecule has 0 saturated carbocycles. The first-order valence-corrected chi connectivity index (χ1v) is 16.7. The van der Waals surface area contributed by atoms with Gasteiger partial charge >= 0.3 is 13.7 Å². The summed E-state index contributed by atoms with van der Waals surface area (Å²) in [6.07, 6.45) is -3.21. The van der Waals surface area contributed by atoms with Crippen LogP contribution in [0.3, 0.4) is 0 Å². The number of imidazole rings is 1. The lowest BCUT2D eigenvalue weighted by Gasteiger charge is -2.28. The van der Waals surface area contributed by atoms with E-state index in [1.165, 1.54) is 13.0 Å². The minimum Gasteiger partial charge on any atom is -0.476 e. The van der Waals surface area contributed by atoms with Crippen molar-refractivity contribution in [2.75, 3.05) is 25.6 Å². The Labute approximate surface area is 275 Å². The third-order valence-electron chi connectivity index (χ3n) is 7.43. The number of nitrogens with zero attached hydrogens (tertiary/aromatic N) is 4. The quantitative estimate of drug-likeness (QED) is 0.133. The average molecular weight is 693 g/mol. The summed E-state index contributed by atoms with van der Waals surface area (Å²) in [7, 11) is -4.70. The molecule has 260 valence electrons. The molecule has 2 aromatic heterocycles. The van der Waals surface area contributed by atoms with Crippen LogP contribution in [0.4, 0.5) is 14.7 Å². The van der Waals surface area contributed by atoms with Gasteiger partial charge in [-0.25, -0.2) is 18.3 Å². The molecular weight excluding hydrogens is 653 g/mol. The molecule has 4 N–H and O–H groups in total. The first-order chi connectivity index (χ1) is 22.5. The van der Waals surface area contributed by atoms with Gasteiger partial charge in [-0.15, -0.1) is 0 Å². The van der Waals surface area contributed by atoms with Crippen molar-refractivity contribution >= 4 is 41.6 Å². The number of rotatable bonds is 12. The van der Waals surface area contributed by atoms with Crippen molar-refractivity contribution < 1.29 is 46.5 Å². The second kappa shape index (κ2) is 13.2. The number of nitrogens with one attached hydrogen (secondary N) is 1. The molecule has 17 heteroatoms. The van der Waals surface area contributed by atoms with E-state index in [0.717, 1.165) is 23.2 Å². The minimum atomic E-state index is -4.70. The highest BCUT2D eigenvalue weighted by Crippen LogP contribution is 2.52. The van der Waals surface area contributed by atoms with Gasteiger partial charge in [0.05, 0.1) is 19.5 Å². The predicted molar refractivity (Wildman–Crippen MR) is 172 cm³/mol. The molecule has 14 nitrogen and oxygen atoms in total. The maximum atomic E-state index is 16.5. The Bertz CT molecular complexity index is 1850. The molecular formula is C31H39F2N6O8P. The van der Waals surface area contributed by atoms with Crippen molar-refractivity contribution in [3.8, 4) is 11.6 Å². The van der Waals surface area contributed by atoms with Crippen molar-refractivity contribution in [2.24, 2.45) is 5.41 Å². The SMILES string of the molecule is CCOc1nc(N)nc2c1ncn2[C@H]1O[C@](F)(COP(=O)(NC(C)C(=O)OCC(C)(C)C)Oc2cccc3ccccc23)[C@@H](O)[C@@]1(C)F. The number of carbonyl (C=O) groups excluding carboxylic acids is 1. The number of carbonyl (C=O) groups is 1. The predicted octanol–water partition coefficient (Wildman–Crippen LogP) is 5.02. The van der Waals surface area contributed by atoms with Crippen molar-refractivity contribution in [3.05, 3.63) is 48.8 Å². The molecule has 1 fully saturated rings. The molecule has 6 atom stereocenters. The fourth-order valence-electron chi connectivity index (χ4n) is 5.05. The molecule has 0 spiro atoms. The van der Waals surface area contributed by atoms with Gasteiger partial charge in [-0.3, -0.25) is 13.9 Å². The number of anilines is 1. The summed E-state index contributed by atoms with van der Waals surface area (Å²) in [5, 5.41) is 14.7. The van der Waals surface area contributed by atoms with Crippen LogP contribution in [0.5, 0.6) is 11.6 Å². The van der Waals surface area contributed by atoms with Gasteiger partial charge in [0, 0.05) is 5.39 Å². The summed E-state index contributed by atoms with van der Waals surface area (Å²) in [5.74, 6) is -4.20. The molecule has 2 unspecified atom stereocenters. The first kappa shape index (κ1) is 35.4. The second-order valence-electron chi connectivity index (χ2n) is 12.8. The zero-order chi connectivity index (χ0) is 35.1. The Morgan fingerprint density at radius 3 is 2.62 bits per heavy atom. The maximum Gasteiger partial charge on any atom is 0.459 e. The van der Waals surface area contributed by atoms with E-state index in [4.69, 9.17) is 29.0 Å². The van der Waals surface area contributed by atoms with E-state index in [1.807, 2.05) is 20.8 Å². The molecule has 3 heterocycles. The molecule has 1 saturated heterocycles. The number of fused-ring (bicyclic) bond motifs is 2. The smallest absolute Gasteiger partial charge is 0.459 e. The normalized spacial score (nSPS) is 24.8. The van der Waals surface area contributed by atoms with Crippen molar-refractivity contribution in [3.63, 3.8) is 0 Å². The number of benzene rings is 2. The first-order valence-electron chi connectivity index (χ1n) is 15.2. The standard InChI is InChI=1S/C31H39F2N6O8P/c1-7-43-24-22-23(36-28(34)37-24)39(17-35-22)27-30(6,32)26(41)31(33,46-27)16-45-48(42,38-18(2)25(40)44-15-29(3,4)5)47-21-14-10-12-19-11-8-9-13-20(19)21/h8-14,17-18,26-27,41H,7,15-16H2,1-6H3,(H,38,42)(H2,34,36,37)/t18?,26-,27-,30+,31+,48?/m0/s1. The van der Waals surface area contributed by atoms with E-state index < -0.39 is 50.2 Å². The average Bonchev–Trinajstić information content (AvgIpc) is 3.51. The van der Waals surface area contributed by atoms with Crippen LogP contribution in [-0.4, -0.2) is 74.1 Å². The Morgan fingerprint density at radius 2 is 1.92 bits per heavy atom. The van der Waals surface area contributed by atoms with Gasteiger partial charge < -0.3 is 29.6 Å². The van der Waals surface area contributed by atoms with Crippen LogP contribution in [0.15, 0.2) is 48.8 Å². The van der Waals surface area contributed by atoms with Crippen molar-refractivity contribution in [1.29, 1.82) is 0 Å². The number of esters is 1. The number of alkyl halides is 2. The Kier molecular flexibility index (Phi) is 9.70. The molecule has 1 aliphatic heterocycles. The zero-order valence-corrected chi connectivity index (χ0v) is 28.2. The summed E-state index contributed by atoms with van der Waals surface area (Å²) in [6, 6.07) is 10.7. The fourth-order valence-corrected chi connectivity index (χ4v) is 6.57. The highest BCUT2D eigenvalue weighted by Gasteiger charge is 2.65. The van der Waals surface area contributed by atoms with Crippen LogP contribution in [0.2, 0.25) is 0 Å². The topological polar surface area (TPSA) is 182 Å². The number of hydrogen-bond acceptors (Lipinski definition) is 12. The Balaban J connectivity index is 1.44. The van der Waals surface area contributed by atoms with Gasteiger partial charge in [0.1, 0.15) is 18.4 Å². The summed E-state index contributed by atoms with van der Waals surface area (Å²) >= 11 is 0. The molecule has 4 aromatic rings. The van der Waals surface area contributed by atoms with E-state index in [2.05, 4.69) is 20.0 Å². The van der Waals surface area contributed by atoms with Crippen LogP contribution >= 0.6 is 7.75 Å². The lowest BCUT2D eigenvalue weighted by molar-refractivity contribution is -0.202. The lowest BCUT2D eigenvalue weighted by atomic mass is 9.97. The third-order valence-corrected chi connectivity index (χ3v) is 9.04. The highest BCUT2D eigenvalue weighted by molar-refractivity contribution is 7.52. The van der Waals surface area contributed by atoms with Crippen LogP contribution in [0.25, 0.3) is 21.9 Å². The van der Waals surface area contributed by atoms with E-state index >= 15 is 8.78 Å². The van der Waals surface area contributed by atoms with Gasteiger partial charge in [-0.05, 0) is 37.6 Å². The molecule has 2 aromatic carbocycles. The van der Waals surface area contributed by atoms with Gasteiger partial charge in [-0.1, -0.05) is 57.2 Å². The van der Waals surface area contributed by atoms with Crippen LogP contribution in [-0.2, 0) is 23.4 Å². The summed E-state index contributed by atoms with van der Waals surface area (Å²) in [5.41, 5.74) is 2.70. The van der Waals surface area contributed by atoms with Crippen LogP contribution in [0, 0.1) is 5.41 Å². The third kappa shape index (κ3) is 7.22. The highest BCUT2D eigenvalue weighted by atomic mass is 31.2. The summed E-state index contributed by atoms with van der Waals surface area (Å²) in [6.45, 7) is 8.56. The van der Waals surface area contributed by atoms with E-state index in [-0.39, 0.29) is 47.4 Å². The molecule has 0 radical (unpaired) electrons. The number of aliphatic hydroxyl groups excluding tert-OH is 1. The number of aliphatic hydroxyl groups is 1. The number of nitrogen functional groups attached to an aromatic ring is 1. The molecule has 0 bridgehead atoms. The maximum absolute atomic E-state index is 16.5. The van der Waals surface area contributed by atoms with Gasteiger partial charge in [0.15, 0.2) is 29.2 Å². The number of ether oxygens (including phenoxy) is 3.